The van der Waals surface area contributed by atoms with E-state index >= 15 is 0 Å². The average molecular weight is 307 g/mol. The Morgan fingerprint density at radius 2 is 2.05 bits per heavy atom. The second-order valence-electron chi connectivity index (χ2n) is 4.26. The maximum Gasteiger partial charge on any atom is 0.320 e. The van der Waals surface area contributed by atoms with Crippen LogP contribution in [-0.2, 0) is 9.59 Å². The minimum absolute atomic E-state index is 0.0158. The van der Waals surface area contributed by atoms with Gasteiger partial charge in [-0.1, -0.05) is 18.2 Å². The normalized spacial score (nSPS) is 11.4. The molecule has 0 bridgehead atoms. The molecule has 1 rings (SSSR count). The van der Waals surface area contributed by atoms with Crippen LogP contribution in [0.2, 0.25) is 0 Å². The van der Waals surface area contributed by atoms with Crippen molar-refractivity contribution in [2.24, 2.45) is 5.73 Å². The summed E-state index contributed by atoms with van der Waals surface area (Å²) < 4.78 is 0. The van der Waals surface area contributed by atoms with Crippen LogP contribution in [0, 0.1) is 11.3 Å². The van der Waals surface area contributed by atoms with E-state index in [0.717, 1.165) is 0 Å². The number of carboxylic acid groups (broad SMARTS) is 1. The fourth-order valence-electron chi connectivity index (χ4n) is 1.57. The summed E-state index contributed by atoms with van der Waals surface area (Å²) in [6.07, 6.45) is 0.302. The van der Waals surface area contributed by atoms with E-state index in [2.05, 4.69) is 0 Å². The van der Waals surface area contributed by atoms with E-state index in [1.54, 1.807) is 24.3 Å². The van der Waals surface area contributed by atoms with E-state index in [9.17, 15) is 9.59 Å². The molecule has 3 N–H and O–H groups in total. The summed E-state index contributed by atoms with van der Waals surface area (Å²) in [5.41, 5.74) is 6.05. The molecule has 0 heterocycles. The molecule has 0 radical (unpaired) electrons. The molecule has 0 aliphatic heterocycles. The number of carbonyl (C=O) groups is 2. The monoisotopic (exact) mass is 307 g/mol. The molecular weight excluding hydrogens is 290 g/mol. The molecule has 21 heavy (non-hydrogen) atoms. The van der Waals surface area contributed by atoms with Gasteiger partial charge >= 0.3 is 5.97 Å². The van der Waals surface area contributed by atoms with Gasteiger partial charge in [0.1, 0.15) is 12.6 Å². The van der Waals surface area contributed by atoms with Gasteiger partial charge in [0.15, 0.2) is 0 Å². The quantitative estimate of drug-likeness (QED) is 0.549. The Labute approximate surface area is 127 Å². The third kappa shape index (κ3) is 5.85. The number of nitrogens with two attached hydrogens (primary N) is 1. The highest BCUT2D eigenvalue weighted by Crippen LogP contribution is 2.15. The van der Waals surface area contributed by atoms with E-state index in [4.69, 9.17) is 16.1 Å². The van der Waals surface area contributed by atoms with Crippen LogP contribution in [0.25, 0.3) is 0 Å². The zero-order chi connectivity index (χ0) is 15.7. The lowest BCUT2D eigenvalue weighted by atomic mass is 10.2. The molecule has 1 aromatic carbocycles. The highest BCUT2D eigenvalue weighted by molar-refractivity contribution is 7.99. The number of carbonyl (C=O) groups excluding carboxylic acids is 1. The highest BCUT2D eigenvalue weighted by atomic mass is 32.2. The summed E-state index contributed by atoms with van der Waals surface area (Å²) in [6, 6.07) is 10.0. The molecule has 1 atom stereocenters. The number of hydrogen-bond donors (Lipinski definition) is 2. The molecule has 6 nitrogen and oxygen atoms in total. The maximum atomic E-state index is 12.1. The summed E-state index contributed by atoms with van der Waals surface area (Å²) >= 11 is 1.31. The van der Waals surface area contributed by atoms with Crippen molar-refractivity contribution in [3.8, 4) is 6.07 Å². The fraction of sp³-hybridized carbons (Fsp3) is 0.357. The van der Waals surface area contributed by atoms with Crippen molar-refractivity contribution in [3.05, 3.63) is 30.3 Å². The van der Waals surface area contributed by atoms with E-state index in [0.29, 0.717) is 17.9 Å². The lowest BCUT2D eigenvalue weighted by Crippen LogP contribution is -2.33. The number of rotatable bonds is 8. The fourth-order valence-corrected chi connectivity index (χ4v) is 2.47. The summed E-state index contributed by atoms with van der Waals surface area (Å²) in [4.78, 5) is 24.1. The Hall–Kier alpha value is -2.04. The highest BCUT2D eigenvalue weighted by Gasteiger charge is 2.16. The first-order chi connectivity index (χ1) is 10.1. The molecule has 0 aromatic heterocycles. The van der Waals surface area contributed by atoms with Crippen LogP contribution < -0.4 is 10.6 Å². The number of para-hydroxylation sites is 1. The lowest BCUT2D eigenvalue weighted by molar-refractivity contribution is -0.138. The van der Waals surface area contributed by atoms with Crippen LogP contribution >= 0.6 is 11.8 Å². The van der Waals surface area contributed by atoms with Crippen LogP contribution in [0.4, 0.5) is 5.69 Å². The summed E-state index contributed by atoms with van der Waals surface area (Å²) in [5, 5.41) is 17.5. The third-order valence-corrected chi connectivity index (χ3v) is 3.69. The van der Waals surface area contributed by atoms with Crippen molar-refractivity contribution in [1.82, 2.24) is 0 Å². The van der Waals surface area contributed by atoms with Crippen molar-refractivity contribution in [3.63, 3.8) is 0 Å². The van der Waals surface area contributed by atoms with Gasteiger partial charge in [0.2, 0.25) is 5.91 Å². The number of hydrogen-bond acceptors (Lipinski definition) is 5. The predicted octanol–water partition coefficient (Wildman–Crippen LogP) is 1.08. The van der Waals surface area contributed by atoms with Crippen LogP contribution in [0.15, 0.2) is 30.3 Å². The van der Waals surface area contributed by atoms with Crippen LogP contribution in [0.5, 0.6) is 0 Å². The van der Waals surface area contributed by atoms with Gasteiger partial charge in [-0.15, -0.1) is 0 Å². The van der Waals surface area contributed by atoms with Crippen molar-refractivity contribution >= 4 is 29.3 Å². The summed E-state index contributed by atoms with van der Waals surface area (Å²) in [6.45, 7) is -0.0158. The maximum absolute atomic E-state index is 12.1. The molecule has 0 saturated heterocycles. The Bertz CT molecular complexity index is 516. The molecule has 1 unspecified atom stereocenters. The van der Waals surface area contributed by atoms with E-state index in [1.165, 1.54) is 16.7 Å². The van der Waals surface area contributed by atoms with Crippen LogP contribution in [0.3, 0.4) is 0 Å². The Morgan fingerprint density at radius 3 is 2.62 bits per heavy atom. The zero-order valence-corrected chi connectivity index (χ0v) is 12.3. The molecule has 0 aliphatic rings. The molecular formula is C14H17N3O3S. The molecule has 1 amide bonds. The zero-order valence-electron chi connectivity index (χ0n) is 11.4. The number of nitriles is 1. The Kier molecular flexibility index (Phi) is 7.29. The van der Waals surface area contributed by atoms with E-state index < -0.39 is 12.0 Å². The first-order valence-corrected chi connectivity index (χ1v) is 7.50. The number of nitrogens with zero attached hydrogens (tertiary/aromatic N) is 2. The van der Waals surface area contributed by atoms with Crippen molar-refractivity contribution in [1.29, 1.82) is 5.26 Å². The lowest BCUT2D eigenvalue weighted by Gasteiger charge is -2.19. The SMILES string of the molecule is N#CCN(C(=O)CSCCC(N)C(=O)O)c1ccccc1. The first kappa shape index (κ1) is 17.0. The van der Waals surface area contributed by atoms with Gasteiger partial charge in [-0.3, -0.25) is 14.5 Å². The van der Waals surface area contributed by atoms with Crippen molar-refractivity contribution < 1.29 is 14.7 Å². The molecule has 7 heteroatoms. The second-order valence-corrected chi connectivity index (χ2v) is 5.36. The van der Waals surface area contributed by atoms with Crippen molar-refractivity contribution in [2.75, 3.05) is 23.0 Å². The number of thioether (sulfide) groups is 1. The van der Waals surface area contributed by atoms with Gasteiger partial charge in [0.25, 0.3) is 0 Å². The van der Waals surface area contributed by atoms with Gasteiger partial charge in [-0.25, -0.2) is 0 Å². The minimum atomic E-state index is -1.04. The molecule has 0 fully saturated rings. The number of aliphatic carboxylic acids is 1. The Balaban J connectivity index is 2.48. The second kappa shape index (κ2) is 9.00. The topological polar surface area (TPSA) is 107 Å². The van der Waals surface area contributed by atoms with Gasteiger partial charge in [-0.05, 0) is 24.3 Å². The largest absolute Gasteiger partial charge is 0.480 e. The van der Waals surface area contributed by atoms with Gasteiger partial charge in [0.05, 0.1) is 11.8 Å². The van der Waals surface area contributed by atoms with Crippen LogP contribution in [-0.4, -0.2) is 41.1 Å². The number of amides is 1. The van der Waals surface area contributed by atoms with Gasteiger partial charge in [0, 0.05) is 5.69 Å². The minimum Gasteiger partial charge on any atom is -0.480 e. The standard InChI is InChI=1S/C14H17N3O3S/c15-7-8-17(11-4-2-1-3-5-11)13(18)10-21-9-6-12(16)14(19)20/h1-5,12H,6,8-10,16H2,(H,19,20). The van der Waals surface area contributed by atoms with E-state index in [1.807, 2.05) is 12.1 Å². The van der Waals surface area contributed by atoms with Gasteiger partial charge < -0.3 is 10.8 Å². The van der Waals surface area contributed by atoms with E-state index in [-0.39, 0.29) is 18.2 Å². The van der Waals surface area contributed by atoms with Gasteiger partial charge in [-0.2, -0.15) is 17.0 Å². The van der Waals surface area contributed by atoms with Crippen LogP contribution in [0.1, 0.15) is 6.42 Å². The summed E-state index contributed by atoms with van der Waals surface area (Å²) in [7, 11) is 0. The number of benzene rings is 1. The Morgan fingerprint density at radius 1 is 1.38 bits per heavy atom. The first-order valence-electron chi connectivity index (χ1n) is 6.34. The molecule has 0 aliphatic carbocycles. The third-order valence-electron chi connectivity index (χ3n) is 2.71. The molecule has 1 aromatic rings. The molecule has 112 valence electrons. The number of carboxylic acids is 1. The average Bonchev–Trinajstić information content (AvgIpc) is 2.49. The molecule has 0 spiro atoms. The summed E-state index contributed by atoms with van der Waals surface area (Å²) in [5.74, 6) is -0.564. The number of anilines is 1. The smallest absolute Gasteiger partial charge is 0.320 e. The molecule has 0 saturated carbocycles. The predicted molar refractivity (Wildman–Crippen MR) is 82.0 cm³/mol. The van der Waals surface area contributed by atoms with Crippen molar-refractivity contribution in [2.45, 2.75) is 12.5 Å².